The third kappa shape index (κ3) is 2.09. The van der Waals surface area contributed by atoms with E-state index in [0.717, 1.165) is 13.0 Å². The molecule has 1 rings (SSSR count). The second-order valence-corrected chi connectivity index (χ2v) is 5.40. The predicted octanol–water partition coefficient (Wildman–Crippen LogP) is 1.24. The highest BCUT2D eigenvalue weighted by molar-refractivity contribution is 5.80. The first-order valence-electron chi connectivity index (χ1n) is 5.65. The number of hydrogen-bond acceptors (Lipinski definition) is 2. The normalized spacial score (nSPS) is 23.7. The van der Waals surface area contributed by atoms with Gasteiger partial charge in [-0.15, -0.1) is 0 Å². The highest BCUT2D eigenvalue weighted by Gasteiger charge is 2.65. The molecule has 0 bridgehead atoms. The topological polar surface area (TPSA) is 62.4 Å². The maximum absolute atomic E-state index is 5.42. The van der Waals surface area contributed by atoms with Crippen LogP contribution in [-0.2, 0) is 0 Å². The fraction of sp³-hybridized carbons (Fsp3) is 0.909. The molecule has 0 saturated heterocycles. The van der Waals surface area contributed by atoms with Crippen molar-refractivity contribution in [2.45, 2.75) is 47.1 Å². The van der Waals surface area contributed by atoms with Gasteiger partial charge in [-0.2, -0.15) is 0 Å². The summed E-state index contributed by atoms with van der Waals surface area (Å²) < 4.78 is 0. The Bertz CT molecular complexity index is 241. The molecule has 1 aliphatic carbocycles. The SMILES string of the molecule is CCCN=C(NN)NC1C(C)(C)C1(C)C. The lowest BCUT2D eigenvalue weighted by atomic mass is 10.0. The van der Waals surface area contributed by atoms with E-state index in [1.165, 1.54) is 0 Å². The van der Waals surface area contributed by atoms with Crippen LogP contribution in [0.4, 0.5) is 0 Å². The minimum absolute atomic E-state index is 0.302. The maximum Gasteiger partial charge on any atom is 0.205 e. The monoisotopic (exact) mass is 212 g/mol. The summed E-state index contributed by atoms with van der Waals surface area (Å²) in [5.41, 5.74) is 3.23. The van der Waals surface area contributed by atoms with Crippen LogP contribution in [0.15, 0.2) is 4.99 Å². The van der Waals surface area contributed by atoms with Gasteiger partial charge in [-0.3, -0.25) is 10.4 Å². The molecule has 0 spiro atoms. The molecular weight excluding hydrogens is 188 g/mol. The largest absolute Gasteiger partial charge is 0.351 e. The molecule has 1 aliphatic rings. The second-order valence-electron chi connectivity index (χ2n) is 5.40. The molecular formula is C11H24N4. The number of nitrogens with two attached hydrogens (primary N) is 1. The average Bonchev–Trinajstić information content (AvgIpc) is 2.54. The summed E-state index contributed by atoms with van der Waals surface area (Å²) in [7, 11) is 0. The lowest BCUT2D eigenvalue weighted by Crippen LogP contribution is -2.44. The van der Waals surface area contributed by atoms with Gasteiger partial charge in [-0.05, 0) is 17.3 Å². The van der Waals surface area contributed by atoms with Gasteiger partial charge in [0, 0.05) is 12.6 Å². The highest BCUT2D eigenvalue weighted by Crippen LogP contribution is 2.62. The van der Waals surface area contributed by atoms with E-state index in [4.69, 9.17) is 5.84 Å². The fourth-order valence-electron chi connectivity index (χ4n) is 2.05. The second kappa shape index (κ2) is 4.00. The summed E-state index contributed by atoms with van der Waals surface area (Å²) >= 11 is 0. The zero-order valence-electron chi connectivity index (χ0n) is 10.5. The third-order valence-corrected chi connectivity index (χ3v) is 3.93. The number of hydrogen-bond donors (Lipinski definition) is 3. The van der Waals surface area contributed by atoms with Crippen LogP contribution in [0.1, 0.15) is 41.0 Å². The van der Waals surface area contributed by atoms with Crippen LogP contribution in [0.25, 0.3) is 0 Å². The molecule has 1 saturated carbocycles. The highest BCUT2D eigenvalue weighted by atomic mass is 15.3. The number of aliphatic imine (C=N–C) groups is 1. The number of nitrogens with zero attached hydrogens (tertiary/aromatic N) is 1. The summed E-state index contributed by atoms with van der Waals surface area (Å²) in [5.74, 6) is 6.13. The summed E-state index contributed by atoms with van der Waals surface area (Å²) in [4.78, 5) is 4.34. The molecule has 0 heterocycles. The van der Waals surface area contributed by atoms with E-state index in [-0.39, 0.29) is 0 Å². The number of guanidine groups is 1. The van der Waals surface area contributed by atoms with Crippen molar-refractivity contribution in [2.75, 3.05) is 6.54 Å². The molecule has 0 aromatic heterocycles. The molecule has 0 radical (unpaired) electrons. The molecule has 0 aromatic rings. The van der Waals surface area contributed by atoms with Crippen molar-refractivity contribution < 1.29 is 0 Å². The molecule has 0 unspecified atom stereocenters. The zero-order chi connectivity index (χ0) is 11.7. The lowest BCUT2D eigenvalue weighted by molar-refractivity contribution is 0.457. The number of hydrazine groups is 1. The van der Waals surface area contributed by atoms with Gasteiger partial charge in [-0.1, -0.05) is 34.6 Å². The Morgan fingerprint density at radius 3 is 2.13 bits per heavy atom. The van der Waals surface area contributed by atoms with Crippen molar-refractivity contribution in [1.29, 1.82) is 0 Å². The van der Waals surface area contributed by atoms with E-state index in [1.807, 2.05) is 0 Å². The molecule has 4 heteroatoms. The van der Waals surface area contributed by atoms with Gasteiger partial charge in [-0.25, -0.2) is 5.84 Å². The van der Waals surface area contributed by atoms with Gasteiger partial charge in [0.25, 0.3) is 0 Å². The van der Waals surface area contributed by atoms with Crippen molar-refractivity contribution in [1.82, 2.24) is 10.7 Å². The Hall–Kier alpha value is -0.770. The van der Waals surface area contributed by atoms with Crippen LogP contribution in [0.3, 0.4) is 0 Å². The molecule has 0 aromatic carbocycles. The predicted molar refractivity (Wildman–Crippen MR) is 64.4 cm³/mol. The van der Waals surface area contributed by atoms with Crippen molar-refractivity contribution in [2.24, 2.45) is 21.7 Å². The standard InChI is InChI=1S/C11H24N4/c1-6-7-13-9(15-12)14-8-10(2,3)11(8,4)5/h8H,6-7,12H2,1-5H3,(H2,13,14,15). The molecule has 0 aliphatic heterocycles. The summed E-state index contributed by atoms with van der Waals surface area (Å²) in [6.07, 6.45) is 1.03. The van der Waals surface area contributed by atoms with Crippen LogP contribution >= 0.6 is 0 Å². The van der Waals surface area contributed by atoms with E-state index in [2.05, 4.69) is 50.4 Å². The average molecular weight is 212 g/mol. The van der Waals surface area contributed by atoms with E-state index in [1.54, 1.807) is 0 Å². The van der Waals surface area contributed by atoms with E-state index < -0.39 is 0 Å². The third-order valence-electron chi connectivity index (χ3n) is 3.93. The quantitative estimate of drug-likeness (QED) is 0.285. The maximum atomic E-state index is 5.42. The zero-order valence-corrected chi connectivity index (χ0v) is 10.5. The van der Waals surface area contributed by atoms with Crippen LogP contribution in [0.5, 0.6) is 0 Å². The van der Waals surface area contributed by atoms with E-state index in [9.17, 15) is 0 Å². The Morgan fingerprint density at radius 1 is 1.27 bits per heavy atom. The first-order chi connectivity index (χ1) is 6.87. The molecule has 1 fully saturated rings. The Labute approximate surface area is 92.7 Å². The van der Waals surface area contributed by atoms with Crippen molar-refractivity contribution >= 4 is 5.96 Å². The molecule has 4 N–H and O–H groups in total. The lowest BCUT2D eigenvalue weighted by Gasteiger charge is -2.10. The summed E-state index contributed by atoms with van der Waals surface area (Å²) in [6, 6.07) is 0.441. The molecule has 0 amide bonds. The van der Waals surface area contributed by atoms with Crippen LogP contribution in [0, 0.1) is 10.8 Å². The van der Waals surface area contributed by atoms with Crippen molar-refractivity contribution in [3.63, 3.8) is 0 Å². The van der Waals surface area contributed by atoms with E-state index >= 15 is 0 Å². The van der Waals surface area contributed by atoms with Gasteiger partial charge in [0.15, 0.2) is 0 Å². The van der Waals surface area contributed by atoms with Gasteiger partial charge in [0.05, 0.1) is 0 Å². The van der Waals surface area contributed by atoms with Crippen LogP contribution in [0.2, 0.25) is 0 Å². The van der Waals surface area contributed by atoms with Crippen molar-refractivity contribution in [3.05, 3.63) is 0 Å². The van der Waals surface area contributed by atoms with Crippen LogP contribution in [-0.4, -0.2) is 18.5 Å². The Kier molecular flexibility index (Phi) is 3.28. The van der Waals surface area contributed by atoms with Gasteiger partial charge in [0.1, 0.15) is 0 Å². The number of nitrogens with one attached hydrogen (secondary N) is 2. The van der Waals surface area contributed by atoms with Gasteiger partial charge < -0.3 is 5.32 Å². The van der Waals surface area contributed by atoms with Crippen LogP contribution < -0.4 is 16.6 Å². The number of rotatable bonds is 3. The summed E-state index contributed by atoms with van der Waals surface area (Å²) in [5, 5.41) is 3.37. The molecule has 88 valence electrons. The Morgan fingerprint density at radius 2 is 1.80 bits per heavy atom. The first kappa shape index (κ1) is 12.3. The summed E-state index contributed by atoms with van der Waals surface area (Å²) in [6.45, 7) is 12.0. The molecule has 15 heavy (non-hydrogen) atoms. The van der Waals surface area contributed by atoms with E-state index in [0.29, 0.717) is 22.8 Å². The van der Waals surface area contributed by atoms with Gasteiger partial charge >= 0.3 is 0 Å². The van der Waals surface area contributed by atoms with Crippen molar-refractivity contribution in [3.8, 4) is 0 Å². The molecule has 0 atom stereocenters. The fourth-order valence-corrected chi connectivity index (χ4v) is 2.05. The minimum Gasteiger partial charge on any atom is -0.351 e. The first-order valence-corrected chi connectivity index (χ1v) is 5.65. The Balaban J connectivity index is 2.56. The smallest absolute Gasteiger partial charge is 0.205 e. The van der Waals surface area contributed by atoms with Gasteiger partial charge in [0.2, 0.25) is 5.96 Å². The minimum atomic E-state index is 0.302. The molecule has 4 nitrogen and oxygen atoms in total.